The standard InChI is InChI=1S/C28H19ClN2O5/c1-15(32)25-24(16-6-10-19(11-7-16)31(35)36)28(26(33)20-4-2-3-5-21(20)27(28)34)23-13-8-17-14-18(29)9-12-22(17)30(23)25/h2-14,23-25H,1H3/t23?,24-,25-/m0/s1. The zero-order chi connectivity index (χ0) is 25.4. The van der Waals surface area contributed by atoms with Gasteiger partial charge in [0.15, 0.2) is 17.3 Å². The molecule has 0 radical (unpaired) electrons. The highest BCUT2D eigenvalue weighted by molar-refractivity contribution is 6.32. The van der Waals surface area contributed by atoms with Gasteiger partial charge in [0.25, 0.3) is 5.69 Å². The number of non-ortho nitro benzene ring substituents is 1. The van der Waals surface area contributed by atoms with Gasteiger partial charge in [-0.1, -0.05) is 60.2 Å². The van der Waals surface area contributed by atoms with E-state index in [0.717, 1.165) is 5.56 Å². The molecule has 1 aliphatic carbocycles. The van der Waals surface area contributed by atoms with Crippen LogP contribution in [0.25, 0.3) is 6.08 Å². The number of ketones is 3. The largest absolute Gasteiger partial charge is 0.352 e. The van der Waals surface area contributed by atoms with Crippen molar-refractivity contribution >= 4 is 46.4 Å². The molecule has 3 aromatic rings. The van der Waals surface area contributed by atoms with Crippen molar-refractivity contribution in [2.45, 2.75) is 24.9 Å². The number of hydrogen-bond donors (Lipinski definition) is 0. The number of fused-ring (bicyclic) bond motifs is 5. The van der Waals surface area contributed by atoms with E-state index in [1.165, 1.54) is 19.1 Å². The maximum absolute atomic E-state index is 14.3. The summed E-state index contributed by atoms with van der Waals surface area (Å²) in [5, 5.41) is 11.8. The number of anilines is 1. The van der Waals surface area contributed by atoms with Crippen LogP contribution in [0.1, 0.15) is 44.7 Å². The summed E-state index contributed by atoms with van der Waals surface area (Å²) in [7, 11) is 0. The van der Waals surface area contributed by atoms with E-state index in [-0.39, 0.29) is 23.0 Å². The molecule has 3 aromatic carbocycles. The number of nitrogens with zero attached hydrogens (tertiary/aromatic N) is 2. The van der Waals surface area contributed by atoms with E-state index in [1.54, 1.807) is 54.6 Å². The molecular formula is C28H19ClN2O5. The third-order valence-electron chi connectivity index (χ3n) is 7.65. The Balaban J connectivity index is 1.66. The van der Waals surface area contributed by atoms with Crippen molar-refractivity contribution in [1.82, 2.24) is 0 Å². The topological polar surface area (TPSA) is 97.6 Å². The maximum atomic E-state index is 14.3. The van der Waals surface area contributed by atoms with Crippen LogP contribution in [0.2, 0.25) is 5.02 Å². The number of nitro benzene ring substituents is 1. The van der Waals surface area contributed by atoms with E-state index in [4.69, 9.17) is 11.6 Å². The maximum Gasteiger partial charge on any atom is 0.269 e. The Morgan fingerprint density at radius 2 is 1.64 bits per heavy atom. The molecule has 0 aromatic heterocycles. The van der Waals surface area contributed by atoms with Crippen LogP contribution in [0.3, 0.4) is 0 Å². The van der Waals surface area contributed by atoms with Crippen LogP contribution in [-0.2, 0) is 4.79 Å². The third kappa shape index (κ3) is 2.77. The minimum absolute atomic E-state index is 0.116. The molecule has 0 bridgehead atoms. The second-order valence-corrected chi connectivity index (χ2v) is 9.81. The zero-order valence-corrected chi connectivity index (χ0v) is 19.8. The monoisotopic (exact) mass is 498 g/mol. The Morgan fingerprint density at radius 1 is 1.00 bits per heavy atom. The minimum atomic E-state index is -1.61. The van der Waals surface area contributed by atoms with Crippen molar-refractivity contribution in [2.24, 2.45) is 5.41 Å². The molecule has 0 amide bonds. The van der Waals surface area contributed by atoms with Gasteiger partial charge < -0.3 is 4.90 Å². The highest BCUT2D eigenvalue weighted by atomic mass is 35.5. The van der Waals surface area contributed by atoms with E-state index in [0.29, 0.717) is 27.4 Å². The minimum Gasteiger partial charge on any atom is -0.352 e. The van der Waals surface area contributed by atoms with Crippen LogP contribution in [0.4, 0.5) is 11.4 Å². The normalized spacial score (nSPS) is 22.9. The lowest BCUT2D eigenvalue weighted by atomic mass is 9.64. The first-order chi connectivity index (χ1) is 17.3. The van der Waals surface area contributed by atoms with Gasteiger partial charge in [-0.3, -0.25) is 24.5 Å². The second-order valence-electron chi connectivity index (χ2n) is 9.37. The highest BCUT2D eigenvalue weighted by Gasteiger charge is 2.71. The van der Waals surface area contributed by atoms with Gasteiger partial charge in [0.1, 0.15) is 5.41 Å². The van der Waals surface area contributed by atoms with Gasteiger partial charge in [0.05, 0.1) is 17.0 Å². The average molecular weight is 499 g/mol. The van der Waals surface area contributed by atoms with Crippen LogP contribution in [-0.4, -0.2) is 34.4 Å². The third-order valence-corrected chi connectivity index (χ3v) is 7.88. The first-order valence-electron chi connectivity index (χ1n) is 11.5. The molecule has 6 rings (SSSR count). The molecule has 1 spiro atoms. The van der Waals surface area contributed by atoms with Crippen molar-refractivity contribution < 1.29 is 19.3 Å². The summed E-state index contributed by atoms with van der Waals surface area (Å²) in [4.78, 5) is 54.5. The van der Waals surface area contributed by atoms with Gasteiger partial charge >= 0.3 is 0 Å². The number of Topliss-reactive ketones (excluding diaryl/α,β-unsaturated/α-hetero) is 3. The summed E-state index contributed by atoms with van der Waals surface area (Å²) in [6.07, 6.45) is 3.64. The van der Waals surface area contributed by atoms with Crippen LogP contribution in [0, 0.1) is 15.5 Å². The Morgan fingerprint density at radius 3 is 2.22 bits per heavy atom. The smallest absolute Gasteiger partial charge is 0.269 e. The number of carbonyl (C=O) groups is 3. The molecule has 7 nitrogen and oxygen atoms in total. The number of carbonyl (C=O) groups excluding carboxylic acids is 3. The van der Waals surface area contributed by atoms with E-state index >= 15 is 0 Å². The van der Waals surface area contributed by atoms with Gasteiger partial charge in [-0.2, -0.15) is 0 Å². The van der Waals surface area contributed by atoms with E-state index in [2.05, 4.69) is 0 Å². The summed E-state index contributed by atoms with van der Waals surface area (Å²) in [6, 6.07) is 16.2. The lowest BCUT2D eigenvalue weighted by Gasteiger charge is -2.37. The molecule has 3 atom stereocenters. The van der Waals surface area contributed by atoms with Crippen LogP contribution >= 0.6 is 11.6 Å². The zero-order valence-electron chi connectivity index (χ0n) is 19.1. The molecule has 2 aliphatic heterocycles. The average Bonchev–Trinajstić information content (AvgIpc) is 3.30. The van der Waals surface area contributed by atoms with Crippen LogP contribution in [0.15, 0.2) is 72.8 Å². The predicted molar refractivity (Wildman–Crippen MR) is 135 cm³/mol. The summed E-state index contributed by atoms with van der Waals surface area (Å²) in [6.45, 7) is 1.45. The molecule has 1 unspecified atom stereocenters. The van der Waals surface area contributed by atoms with Crippen molar-refractivity contribution in [3.05, 3.63) is 110 Å². The molecule has 178 valence electrons. The van der Waals surface area contributed by atoms with Gasteiger partial charge in [-0.15, -0.1) is 0 Å². The second kappa shape index (κ2) is 7.70. The highest BCUT2D eigenvalue weighted by Crippen LogP contribution is 2.60. The van der Waals surface area contributed by atoms with Crippen molar-refractivity contribution in [3.63, 3.8) is 0 Å². The Kier molecular flexibility index (Phi) is 4.78. The van der Waals surface area contributed by atoms with E-state index in [1.807, 2.05) is 17.1 Å². The number of benzene rings is 3. The molecule has 0 N–H and O–H groups in total. The Hall–Kier alpha value is -4.10. The fourth-order valence-electron chi connectivity index (χ4n) is 6.28. The molecule has 36 heavy (non-hydrogen) atoms. The van der Waals surface area contributed by atoms with E-state index in [9.17, 15) is 24.5 Å². The first-order valence-corrected chi connectivity index (χ1v) is 11.8. The Bertz CT molecular complexity index is 1490. The number of halogens is 1. The molecule has 0 saturated carbocycles. The number of rotatable bonds is 3. The summed E-state index contributed by atoms with van der Waals surface area (Å²) < 4.78 is 0. The Labute approximate surface area is 211 Å². The molecular weight excluding hydrogens is 480 g/mol. The van der Waals surface area contributed by atoms with E-state index < -0.39 is 28.3 Å². The van der Waals surface area contributed by atoms with Crippen molar-refractivity contribution in [1.29, 1.82) is 0 Å². The lowest BCUT2D eigenvalue weighted by molar-refractivity contribution is -0.384. The van der Waals surface area contributed by atoms with Crippen LogP contribution in [0.5, 0.6) is 0 Å². The van der Waals surface area contributed by atoms with Gasteiger partial charge in [-0.25, -0.2) is 0 Å². The van der Waals surface area contributed by atoms with Crippen molar-refractivity contribution in [3.8, 4) is 0 Å². The molecule has 1 fully saturated rings. The molecule has 1 saturated heterocycles. The summed E-state index contributed by atoms with van der Waals surface area (Å²) in [5.74, 6) is -1.76. The molecule has 3 aliphatic rings. The SMILES string of the molecule is CC(=O)[C@H]1[C@H](c2ccc([N+](=O)[O-])cc2)C2(C(=O)c3ccccc3C2=O)C2C=Cc3cc(Cl)ccc3N21. The molecule has 8 heteroatoms. The number of nitro groups is 1. The summed E-state index contributed by atoms with van der Waals surface area (Å²) >= 11 is 6.23. The first kappa shape index (κ1) is 22.4. The summed E-state index contributed by atoms with van der Waals surface area (Å²) in [5.41, 5.74) is 0.933. The lowest BCUT2D eigenvalue weighted by Crippen LogP contribution is -2.48. The fraction of sp³-hybridized carbons (Fsp3) is 0.179. The predicted octanol–water partition coefficient (Wildman–Crippen LogP) is 5.27. The van der Waals surface area contributed by atoms with Crippen LogP contribution < -0.4 is 4.90 Å². The van der Waals surface area contributed by atoms with Gasteiger partial charge in [-0.05, 0) is 36.2 Å². The van der Waals surface area contributed by atoms with Crippen molar-refractivity contribution in [2.75, 3.05) is 4.90 Å². The van der Waals surface area contributed by atoms with Gasteiger partial charge in [0.2, 0.25) is 0 Å². The quantitative estimate of drug-likeness (QED) is 0.277. The fourth-order valence-corrected chi connectivity index (χ4v) is 6.46. The molecule has 2 heterocycles. The number of hydrogen-bond acceptors (Lipinski definition) is 6. The van der Waals surface area contributed by atoms with Gasteiger partial charge in [0, 0.05) is 39.9 Å².